The number of aryl methyl sites for hydroxylation is 1. The molecule has 1 aromatic rings. The van der Waals surface area contributed by atoms with Crippen molar-refractivity contribution in [3.8, 4) is 0 Å². The standard InChI is InChI=1S/C16H26N2/c1-13-5-4-6-16(7-13)12-18-10-14(2)8-17-9-15(3)11-18/h4-7,14-15,17H,8-12H2,1-3H3. The lowest BCUT2D eigenvalue weighted by Gasteiger charge is -2.31. The summed E-state index contributed by atoms with van der Waals surface area (Å²) in [5, 5.41) is 3.55. The van der Waals surface area contributed by atoms with Crippen LogP contribution in [-0.2, 0) is 6.54 Å². The van der Waals surface area contributed by atoms with Gasteiger partial charge in [-0.05, 0) is 37.4 Å². The minimum Gasteiger partial charge on any atom is -0.316 e. The first kappa shape index (κ1) is 13.6. The van der Waals surface area contributed by atoms with Gasteiger partial charge < -0.3 is 5.32 Å². The number of benzene rings is 1. The summed E-state index contributed by atoms with van der Waals surface area (Å²) >= 11 is 0. The summed E-state index contributed by atoms with van der Waals surface area (Å²) in [6.45, 7) is 12.6. The first-order valence-electron chi connectivity index (χ1n) is 7.12. The van der Waals surface area contributed by atoms with Gasteiger partial charge in [-0.1, -0.05) is 43.7 Å². The van der Waals surface area contributed by atoms with Gasteiger partial charge in [0.1, 0.15) is 0 Å². The van der Waals surface area contributed by atoms with Gasteiger partial charge in [0, 0.05) is 19.6 Å². The largest absolute Gasteiger partial charge is 0.316 e. The first-order valence-corrected chi connectivity index (χ1v) is 7.12. The fraction of sp³-hybridized carbons (Fsp3) is 0.625. The highest BCUT2D eigenvalue weighted by Gasteiger charge is 2.17. The molecule has 0 aliphatic carbocycles. The Kier molecular flexibility index (Phi) is 4.79. The Morgan fingerprint density at radius 3 is 2.44 bits per heavy atom. The van der Waals surface area contributed by atoms with Gasteiger partial charge >= 0.3 is 0 Å². The first-order chi connectivity index (χ1) is 8.63. The Morgan fingerprint density at radius 1 is 1.17 bits per heavy atom. The molecule has 0 spiro atoms. The average Bonchev–Trinajstić information content (AvgIpc) is 2.26. The maximum atomic E-state index is 3.55. The molecule has 1 fully saturated rings. The van der Waals surface area contributed by atoms with Crippen LogP contribution in [0, 0.1) is 18.8 Å². The highest BCUT2D eigenvalue weighted by Crippen LogP contribution is 2.13. The molecule has 0 saturated carbocycles. The zero-order valence-corrected chi connectivity index (χ0v) is 11.9. The predicted molar refractivity (Wildman–Crippen MR) is 77.7 cm³/mol. The van der Waals surface area contributed by atoms with Crippen molar-refractivity contribution in [3.05, 3.63) is 35.4 Å². The minimum absolute atomic E-state index is 0.738. The van der Waals surface area contributed by atoms with Crippen LogP contribution < -0.4 is 5.32 Å². The average molecular weight is 246 g/mol. The molecule has 0 bridgehead atoms. The molecule has 2 atom stereocenters. The van der Waals surface area contributed by atoms with Gasteiger partial charge in [-0.25, -0.2) is 0 Å². The molecule has 1 heterocycles. The molecule has 2 unspecified atom stereocenters. The molecule has 1 aromatic carbocycles. The molecule has 2 rings (SSSR count). The van der Waals surface area contributed by atoms with Gasteiger partial charge in [0.2, 0.25) is 0 Å². The molecule has 2 nitrogen and oxygen atoms in total. The molecule has 100 valence electrons. The summed E-state index contributed by atoms with van der Waals surface area (Å²) in [7, 11) is 0. The van der Waals surface area contributed by atoms with Crippen LogP contribution in [0.3, 0.4) is 0 Å². The molecule has 1 aliphatic rings. The van der Waals surface area contributed by atoms with E-state index in [2.05, 4.69) is 55.3 Å². The lowest BCUT2D eigenvalue weighted by molar-refractivity contribution is 0.178. The molecule has 0 radical (unpaired) electrons. The van der Waals surface area contributed by atoms with Crippen LogP contribution in [0.25, 0.3) is 0 Å². The van der Waals surface area contributed by atoms with Gasteiger partial charge in [0.15, 0.2) is 0 Å². The van der Waals surface area contributed by atoms with E-state index in [1.54, 1.807) is 0 Å². The number of nitrogens with one attached hydrogen (secondary N) is 1. The van der Waals surface area contributed by atoms with E-state index >= 15 is 0 Å². The summed E-state index contributed by atoms with van der Waals surface area (Å²) < 4.78 is 0. The van der Waals surface area contributed by atoms with Crippen molar-refractivity contribution in [2.45, 2.75) is 27.3 Å². The molecule has 0 aromatic heterocycles. The van der Waals surface area contributed by atoms with Crippen LogP contribution in [0.1, 0.15) is 25.0 Å². The van der Waals surface area contributed by atoms with Crippen molar-refractivity contribution < 1.29 is 0 Å². The summed E-state index contributed by atoms with van der Waals surface area (Å²) in [6.07, 6.45) is 0. The quantitative estimate of drug-likeness (QED) is 0.863. The van der Waals surface area contributed by atoms with E-state index in [4.69, 9.17) is 0 Å². The molecule has 2 heteroatoms. The molecule has 0 amide bonds. The second kappa shape index (κ2) is 6.35. The van der Waals surface area contributed by atoms with Crippen LogP contribution in [0.15, 0.2) is 24.3 Å². The second-order valence-electron chi connectivity index (χ2n) is 6.05. The van der Waals surface area contributed by atoms with Crippen molar-refractivity contribution in [3.63, 3.8) is 0 Å². The predicted octanol–water partition coefficient (Wildman–Crippen LogP) is 2.67. The van der Waals surface area contributed by atoms with Crippen LogP contribution >= 0.6 is 0 Å². The lowest BCUT2D eigenvalue weighted by atomic mass is 10.0. The SMILES string of the molecule is Cc1cccc(CN2CC(C)CNCC(C)C2)c1. The van der Waals surface area contributed by atoms with Crippen molar-refractivity contribution in [1.82, 2.24) is 10.2 Å². The zero-order valence-electron chi connectivity index (χ0n) is 11.9. The van der Waals surface area contributed by atoms with Gasteiger partial charge in [0.25, 0.3) is 0 Å². The maximum Gasteiger partial charge on any atom is 0.0234 e. The summed E-state index contributed by atoms with van der Waals surface area (Å²) in [5.74, 6) is 1.48. The third-order valence-corrected chi connectivity index (χ3v) is 3.61. The molecule has 18 heavy (non-hydrogen) atoms. The van der Waals surface area contributed by atoms with Gasteiger partial charge in [-0.15, -0.1) is 0 Å². The molecule has 1 N–H and O–H groups in total. The zero-order chi connectivity index (χ0) is 13.0. The number of hydrogen-bond acceptors (Lipinski definition) is 2. The third-order valence-electron chi connectivity index (χ3n) is 3.61. The summed E-state index contributed by atoms with van der Waals surface area (Å²) in [6, 6.07) is 8.90. The smallest absolute Gasteiger partial charge is 0.0234 e. The summed E-state index contributed by atoms with van der Waals surface area (Å²) in [5.41, 5.74) is 2.81. The van der Waals surface area contributed by atoms with Crippen molar-refractivity contribution in [1.29, 1.82) is 0 Å². The van der Waals surface area contributed by atoms with Crippen LogP contribution in [0.5, 0.6) is 0 Å². The van der Waals surface area contributed by atoms with Crippen molar-refractivity contribution in [2.75, 3.05) is 26.2 Å². The molecule has 1 saturated heterocycles. The van der Waals surface area contributed by atoms with E-state index < -0.39 is 0 Å². The van der Waals surface area contributed by atoms with E-state index in [9.17, 15) is 0 Å². The number of rotatable bonds is 2. The van der Waals surface area contributed by atoms with Crippen LogP contribution in [0.4, 0.5) is 0 Å². The minimum atomic E-state index is 0.738. The van der Waals surface area contributed by atoms with E-state index in [0.717, 1.165) is 31.5 Å². The molecular formula is C16H26N2. The normalized spacial score (nSPS) is 26.6. The Morgan fingerprint density at radius 2 is 1.83 bits per heavy atom. The number of hydrogen-bond donors (Lipinski definition) is 1. The van der Waals surface area contributed by atoms with E-state index in [1.165, 1.54) is 24.2 Å². The fourth-order valence-corrected chi connectivity index (χ4v) is 2.86. The molecule has 1 aliphatic heterocycles. The Labute approximate surface area is 111 Å². The topological polar surface area (TPSA) is 15.3 Å². The highest BCUT2D eigenvalue weighted by molar-refractivity contribution is 5.22. The second-order valence-corrected chi connectivity index (χ2v) is 6.05. The monoisotopic (exact) mass is 246 g/mol. The van der Waals surface area contributed by atoms with Gasteiger partial charge in [-0.2, -0.15) is 0 Å². The van der Waals surface area contributed by atoms with Crippen LogP contribution in [0.2, 0.25) is 0 Å². The van der Waals surface area contributed by atoms with E-state index in [-0.39, 0.29) is 0 Å². The van der Waals surface area contributed by atoms with Crippen LogP contribution in [-0.4, -0.2) is 31.1 Å². The lowest BCUT2D eigenvalue weighted by Crippen LogP contribution is -2.42. The molecular weight excluding hydrogens is 220 g/mol. The number of nitrogens with zero attached hydrogens (tertiary/aromatic N) is 1. The highest BCUT2D eigenvalue weighted by atomic mass is 15.1. The maximum absolute atomic E-state index is 3.55. The van der Waals surface area contributed by atoms with Gasteiger partial charge in [-0.3, -0.25) is 4.90 Å². The fourth-order valence-electron chi connectivity index (χ4n) is 2.86. The van der Waals surface area contributed by atoms with Crippen molar-refractivity contribution in [2.24, 2.45) is 11.8 Å². The Balaban J connectivity index is 2.00. The Bertz CT molecular complexity index is 363. The summed E-state index contributed by atoms with van der Waals surface area (Å²) in [4.78, 5) is 2.62. The van der Waals surface area contributed by atoms with Gasteiger partial charge in [0.05, 0.1) is 0 Å². The van der Waals surface area contributed by atoms with Crippen molar-refractivity contribution >= 4 is 0 Å². The third kappa shape index (κ3) is 4.11. The van der Waals surface area contributed by atoms with E-state index in [0.29, 0.717) is 0 Å². The Hall–Kier alpha value is -0.860. The van der Waals surface area contributed by atoms with E-state index in [1.807, 2.05) is 0 Å².